The van der Waals surface area contributed by atoms with Gasteiger partial charge in [0.15, 0.2) is 0 Å². The summed E-state index contributed by atoms with van der Waals surface area (Å²) in [7, 11) is 0. The fourth-order valence-corrected chi connectivity index (χ4v) is 10.6. The fraction of sp³-hybridized carbons (Fsp3) is 0.500. The lowest BCUT2D eigenvalue weighted by atomic mass is 9.57. The Morgan fingerprint density at radius 1 is 0.937 bits per heavy atom. The number of nitrogens with zero attached hydrogens (tertiary/aromatic N) is 5. The molecule has 9 rings (SSSR count). The molecule has 2 aromatic heterocycles. The molecule has 4 aromatic rings. The molecule has 3 aliphatic heterocycles. The Kier molecular flexibility index (Phi) is 11.5. The summed E-state index contributed by atoms with van der Waals surface area (Å²) in [5.41, 5.74) is 1.14. The number of anilines is 2. The number of ether oxygens (including phenoxy) is 1. The molecule has 1 atom stereocenters. The van der Waals surface area contributed by atoms with Gasteiger partial charge >= 0.3 is 6.18 Å². The predicted molar refractivity (Wildman–Crippen MR) is 226 cm³/mol. The molecular formula is C46H51F3N8O6. The summed E-state index contributed by atoms with van der Waals surface area (Å²) in [6, 6.07) is 11.1. The average molecular weight is 869 g/mol. The number of piperidine rings is 2. The van der Waals surface area contributed by atoms with Gasteiger partial charge in [-0.1, -0.05) is 12.1 Å². The highest BCUT2D eigenvalue weighted by atomic mass is 19.4. The smallest absolute Gasteiger partial charge is 0.433 e. The Morgan fingerprint density at radius 3 is 2.43 bits per heavy atom. The molecular weight excluding hydrogens is 818 g/mol. The Hall–Kier alpha value is -5.84. The zero-order valence-electron chi connectivity index (χ0n) is 35.1. The molecule has 2 aliphatic carbocycles. The van der Waals surface area contributed by atoms with E-state index in [9.17, 15) is 37.1 Å². The summed E-state index contributed by atoms with van der Waals surface area (Å²) in [6.07, 6.45) is 7.49. The Balaban J connectivity index is 0.721. The van der Waals surface area contributed by atoms with Crippen molar-refractivity contribution in [2.45, 2.75) is 95.8 Å². The highest BCUT2D eigenvalue weighted by Crippen LogP contribution is 2.54. The van der Waals surface area contributed by atoms with Crippen LogP contribution in [0.25, 0.3) is 10.9 Å². The van der Waals surface area contributed by atoms with Crippen molar-refractivity contribution in [2.75, 3.05) is 43.4 Å². The average Bonchev–Trinajstić information content (AvgIpc) is 3.78. The molecule has 17 heteroatoms. The standard InChI is InChI=1S/C46H51F3N8O6/c1-2-63-37-22-34-29(21-35(37)52-41(59)33-7-4-8-38(51-33)46(47,48)49)26-56(54-34)30-11-9-27(10-12-30)25-55-19-16-45(17-20-55)23-28(24-45)15-18-50-32-6-3-5-31-40(32)44(62)57(43(31)61)36-13-14-39(58)53-42(36)60/h3-8,21-22,26-28,30,36,50H,2,9-20,23-25H2,1H3,(H,52,59)(H,53,58,60). The van der Waals surface area contributed by atoms with Crippen LogP contribution in [-0.4, -0.2) is 92.9 Å². The van der Waals surface area contributed by atoms with E-state index in [2.05, 4.69) is 25.8 Å². The molecule has 2 saturated heterocycles. The Morgan fingerprint density at radius 2 is 1.70 bits per heavy atom. The number of likely N-dealkylation sites (tertiary alicyclic amines) is 1. The van der Waals surface area contributed by atoms with Gasteiger partial charge in [0.2, 0.25) is 11.8 Å². The van der Waals surface area contributed by atoms with Gasteiger partial charge in [-0.25, -0.2) is 4.98 Å². The van der Waals surface area contributed by atoms with Gasteiger partial charge in [0.05, 0.1) is 35.0 Å². The maximum absolute atomic E-state index is 13.5. The van der Waals surface area contributed by atoms with Crippen molar-refractivity contribution < 1.29 is 41.9 Å². The number of hydrogen-bond donors (Lipinski definition) is 3. The number of carbonyl (C=O) groups is 5. The topological polar surface area (TPSA) is 168 Å². The minimum absolute atomic E-state index is 0.0815. The van der Waals surface area contributed by atoms with Crippen molar-refractivity contribution in [3.05, 3.63) is 77.2 Å². The van der Waals surface area contributed by atoms with Crippen molar-refractivity contribution in [1.82, 2.24) is 29.9 Å². The Labute approximate surface area is 362 Å². The molecule has 2 aromatic carbocycles. The summed E-state index contributed by atoms with van der Waals surface area (Å²) < 4.78 is 47.5. The second kappa shape index (κ2) is 17.0. The Bertz CT molecular complexity index is 2450. The van der Waals surface area contributed by atoms with E-state index >= 15 is 0 Å². The third-order valence-electron chi connectivity index (χ3n) is 13.8. The first-order valence-corrected chi connectivity index (χ1v) is 22.1. The number of aromatic nitrogens is 3. The van der Waals surface area contributed by atoms with Gasteiger partial charge in [0.1, 0.15) is 23.2 Å². The van der Waals surface area contributed by atoms with Crippen LogP contribution in [0.1, 0.15) is 120 Å². The molecule has 332 valence electrons. The zero-order chi connectivity index (χ0) is 44.0. The van der Waals surface area contributed by atoms with E-state index in [0.29, 0.717) is 58.6 Å². The van der Waals surface area contributed by atoms with Crippen molar-refractivity contribution >= 4 is 51.8 Å². The maximum Gasteiger partial charge on any atom is 0.433 e. The molecule has 5 amide bonds. The third kappa shape index (κ3) is 8.63. The monoisotopic (exact) mass is 868 g/mol. The third-order valence-corrected chi connectivity index (χ3v) is 13.8. The van der Waals surface area contributed by atoms with Gasteiger partial charge < -0.3 is 20.3 Å². The molecule has 0 radical (unpaired) electrons. The van der Waals surface area contributed by atoms with Crippen LogP contribution in [0, 0.1) is 17.3 Å². The summed E-state index contributed by atoms with van der Waals surface area (Å²) in [6.45, 7) is 6.13. The van der Waals surface area contributed by atoms with Crippen molar-refractivity contribution in [2.24, 2.45) is 17.3 Å². The quantitative estimate of drug-likeness (QED) is 0.124. The van der Waals surface area contributed by atoms with Crippen LogP contribution in [0.2, 0.25) is 0 Å². The molecule has 1 spiro atoms. The van der Waals surface area contributed by atoms with Gasteiger partial charge in [0.25, 0.3) is 17.7 Å². The van der Waals surface area contributed by atoms with Crippen LogP contribution in [0.5, 0.6) is 5.75 Å². The lowest BCUT2D eigenvalue weighted by molar-refractivity contribution is -0.141. The summed E-state index contributed by atoms with van der Waals surface area (Å²) in [4.78, 5) is 71.0. The molecule has 3 N–H and O–H groups in total. The van der Waals surface area contributed by atoms with Crippen LogP contribution in [-0.2, 0) is 15.8 Å². The molecule has 0 bridgehead atoms. The molecule has 63 heavy (non-hydrogen) atoms. The van der Waals surface area contributed by atoms with E-state index < -0.39 is 47.4 Å². The number of imide groups is 2. The second-order valence-corrected chi connectivity index (χ2v) is 17.9. The summed E-state index contributed by atoms with van der Waals surface area (Å²) in [5, 5.41) is 14.0. The van der Waals surface area contributed by atoms with Gasteiger partial charge in [-0.2, -0.15) is 18.3 Å². The van der Waals surface area contributed by atoms with Crippen molar-refractivity contribution in [3.63, 3.8) is 0 Å². The number of amides is 5. The van der Waals surface area contributed by atoms with Crippen LogP contribution in [0.3, 0.4) is 0 Å². The molecule has 5 aliphatic rings. The van der Waals surface area contributed by atoms with Gasteiger partial charge in [-0.05, 0) is 132 Å². The first-order chi connectivity index (χ1) is 30.3. The normalized spacial score (nSPS) is 22.9. The molecule has 4 fully saturated rings. The van der Waals surface area contributed by atoms with E-state index in [4.69, 9.17) is 9.84 Å². The zero-order valence-corrected chi connectivity index (χ0v) is 35.1. The lowest BCUT2D eigenvalue weighted by Crippen LogP contribution is -2.54. The van der Waals surface area contributed by atoms with E-state index in [0.717, 1.165) is 74.2 Å². The number of rotatable bonds is 12. The van der Waals surface area contributed by atoms with Crippen molar-refractivity contribution in [1.29, 1.82) is 0 Å². The van der Waals surface area contributed by atoms with E-state index in [1.54, 1.807) is 30.3 Å². The number of pyridine rings is 1. The van der Waals surface area contributed by atoms with Crippen LogP contribution < -0.4 is 20.7 Å². The first kappa shape index (κ1) is 42.5. The van der Waals surface area contributed by atoms with Gasteiger partial charge in [-0.15, -0.1) is 0 Å². The van der Waals surface area contributed by atoms with Crippen LogP contribution >= 0.6 is 0 Å². The van der Waals surface area contributed by atoms with Gasteiger partial charge in [0, 0.05) is 42.8 Å². The molecule has 14 nitrogen and oxygen atoms in total. The lowest BCUT2D eigenvalue weighted by Gasteiger charge is -2.53. The number of benzene rings is 2. The van der Waals surface area contributed by atoms with Crippen LogP contribution in [0.15, 0.2) is 54.7 Å². The number of nitrogens with one attached hydrogen (secondary N) is 3. The fourth-order valence-electron chi connectivity index (χ4n) is 10.6. The minimum Gasteiger partial charge on any atom is -0.492 e. The van der Waals surface area contributed by atoms with Crippen LogP contribution in [0.4, 0.5) is 24.5 Å². The molecule has 5 heterocycles. The van der Waals surface area contributed by atoms with E-state index in [-0.39, 0.29) is 30.1 Å². The van der Waals surface area contributed by atoms with Gasteiger partial charge in [-0.3, -0.25) is 38.9 Å². The van der Waals surface area contributed by atoms with Crippen molar-refractivity contribution in [3.8, 4) is 5.75 Å². The first-order valence-electron chi connectivity index (χ1n) is 22.1. The summed E-state index contributed by atoms with van der Waals surface area (Å²) in [5.74, 6) is -1.19. The number of alkyl halides is 3. The molecule has 1 unspecified atom stereocenters. The number of hydrogen-bond acceptors (Lipinski definition) is 10. The van der Waals surface area contributed by atoms with E-state index in [1.165, 1.54) is 31.7 Å². The number of halogens is 3. The minimum atomic E-state index is -4.67. The predicted octanol–water partition coefficient (Wildman–Crippen LogP) is 7.23. The number of fused-ring (bicyclic) bond motifs is 2. The maximum atomic E-state index is 13.5. The highest BCUT2D eigenvalue weighted by Gasteiger charge is 2.47. The van der Waals surface area contributed by atoms with E-state index in [1.807, 2.05) is 17.8 Å². The molecule has 2 saturated carbocycles. The SMILES string of the molecule is CCOc1cc2nn(C3CCC(CN4CCC5(CC4)CC(CCNc4cccc6c4C(=O)N(C4CCC(=O)NC4=O)C6=O)C5)CC3)cc2cc1NC(=O)c1cccc(C(F)(F)F)n1. The highest BCUT2D eigenvalue weighted by molar-refractivity contribution is 6.25. The largest absolute Gasteiger partial charge is 0.492 e. The second-order valence-electron chi connectivity index (χ2n) is 17.9. The summed E-state index contributed by atoms with van der Waals surface area (Å²) >= 11 is 0. The number of carbonyl (C=O) groups excluding carboxylic acids is 5.